The number of benzene rings is 2. The van der Waals surface area contributed by atoms with Crippen LogP contribution in [-0.4, -0.2) is 11.7 Å². The first-order valence-electron chi connectivity index (χ1n) is 5.84. The van der Waals surface area contributed by atoms with Crippen molar-refractivity contribution in [1.29, 1.82) is 0 Å². The fourth-order valence-corrected chi connectivity index (χ4v) is 1.87. The van der Waals surface area contributed by atoms with E-state index < -0.39 is 0 Å². The summed E-state index contributed by atoms with van der Waals surface area (Å²) < 4.78 is 0. The lowest BCUT2D eigenvalue weighted by Gasteiger charge is -2.05. The maximum atomic E-state index is 9.69. The van der Waals surface area contributed by atoms with Crippen molar-refractivity contribution in [3.63, 3.8) is 0 Å². The predicted molar refractivity (Wildman–Crippen MR) is 70.1 cm³/mol. The second-order valence-electron chi connectivity index (χ2n) is 4.16. The van der Waals surface area contributed by atoms with Crippen LogP contribution in [0.25, 0.3) is 0 Å². The third kappa shape index (κ3) is 3.08. The van der Waals surface area contributed by atoms with E-state index in [-0.39, 0.29) is 0 Å². The first kappa shape index (κ1) is 11.7. The number of phenolic OH excluding ortho intramolecular Hbond substituents is 1. The van der Waals surface area contributed by atoms with Crippen LogP contribution in [-0.2, 0) is 12.8 Å². The molecule has 3 N–H and O–H groups in total. The highest BCUT2D eigenvalue weighted by atomic mass is 16.3. The molecule has 0 aliphatic heterocycles. The van der Waals surface area contributed by atoms with Gasteiger partial charge < -0.3 is 10.8 Å². The zero-order chi connectivity index (χ0) is 12.1. The van der Waals surface area contributed by atoms with Gasteiger partial charge in [-0.3, -0.25) is 0 Å². The van der Waals surface area contributed by atoms with Gasteiger partial charge in [0.15, 0.2) is 0 Å². The van der Waals surface area contributed by atoms with Crippen LogP contribution in [0.2, 0.25) is 0 Å². The lowest BCUT2D eigenvalue weighted by Crippen LogP contribution is -2.02. The quantitative estimate of drug-likeness (QED) is 0.843. The molecule has 0 aliphatic rings. The Kier molecular flexibility index (Phi) is 3.78. The Hall–Kier alpha value is -1.80. The van der Waals surface area contributed by atoms with Crippen molar-refractivity contribution in [2.75, 3.05) is 6.54 Å². The molecule has 0 fully saturated rings. The molecule has 2 rings (SSSR count). The SMILES string of the molecule is NCCc1ccc(Cc2ccccc2O)cc1. The highest BCUT2D eigenvalue weighted by molar-refractivity contribution is 5.37. The summed E-state index contributed by atoms with van der Waals surface area (Å²) in [6.45, 7) is 0.679. The van der Waals surface area contributed by atoms with Crippen LogP contribution in [0, 0.1) is 0 Å². The zero-order valence-corrected chi connectivity index (χ0v) is 9.76. The summed E-state index contributed by atoms with van der Waals surface area (Å²) in [6, 6.07) is 15.8. The first-order chi connectivity index (χ1) is 8.29. The first-order valence-corrected chi connectivity index (χ1v) is 5.84. The second kappa shape index (κ2) is 5.51. The molecule has 2 nitrogen and oxygen atoms in total. The van der Waals surface area contributed by atoms with E-state index in [1.807, 2.05) is 18.2 Å². The molecule has 17 heavy (non-hydrogen) atoms. The minimum atomic E-state index is 0.360. The molecule has 0 saturated heterocycles. The Balaban J connectivity index is 2.11. The normalized spacial score (nSPS) is 10.4. The third-order valence-corrected chi connectivity index (χ3v) is 2.84. The van der Waals surface area contributed by atoms with Crippen molar-refractivity contribution in [1.82, 2.24) is 0 Å². The average Bonchev–Trinajstić information content (AvgIpc) is 2.35. The van der Waals surface area contributed by atoms with E-state index >= 15 is 0 Å². The van der Waals surface area contributed by atoms with Gasteiger partial charge >= 0.3 is 0 Å². The van der Waals surface area contributed by atoms with Crippen LogP contribution in [0.1, 0.15) is 16.7 Å². The number of hydrogen-bond acceptors (Lipinski definition) is 2. The van der Waals surface area contributed by atoms with E-state index in [0.29, 0.717) is 12.3 Å². The van der Waals surface area contributed by atoms with Crippen molar-refractivity contribution in [2.45, 2.75) is 12.8 Å². The number of nitrogens with two attached hydrogens (primary N) is 1. The van der Waals surface area contributed by atoms with Crippen LogP contribution < -0.4 is 5.73 Å². The lowest BCUT2D eigenvalue weighted by molar-refractivity contribution is 0.469. The summed E-state index contributed by atoms with van der Waals surface area (Å²) in [4.78, 5) is 0. The minimum absolute atomic E-state index is 0.360. The van der Waals surface area contributed by atoms with Crippen molar-refractivity contribution in [3.8, 4) is 5.75 Å². The molecule has 0 unspecified atom stereocenters. The molecule has 0 saturated carbocycles. The Morgan fingerprint density at radius 1 is 0.882 bits per heavy atom. The fraction of sp³-hybridized carbons (Fsp3) is 0.200. The average molecular weight is 227 g/mol. The van der Waals surface area contributed by atoms with Gasteiger partial charge in [-0.25, -0.2) is 0 Å². The van der Waals surface area contributed by atoms with Gasteiger partial charge in [-0.15, -0.1) is 0 Å². The Bertz CT molecular complexity index is 477. The molecular weight excluding hydrogens is 210 g/mol. The molecule has 0 bridgehead atoms. The lowest BCUT2D eigenvalue weighted by atomic mass is 10.0. The Morgan fingerprint density at radius 2 is 1.53 bits per heavy atom. The topological polar surface area (TPSA) is 46.2 Å². The number of aromatic hydroxyl groups is 1. The Morgan fingerprint density at radius 3 is 2.18 bits per heavy atom. The molecule has 0 aliphatic carbocycles. The van der Waals surface area contributed by atoms with Gasteiger partial charge in [0.05, 0.1) is 0 Å². The van der Waals surface area contributed by atoms with Crippen molar-refractivity contribution < 1.29 is 5.11 Å². The third-order valence-electron chi connectivity index (χ3n) is 2.84. The van der Waals surface area contributed by atoms with Crippen molar-refractivity contribution >= 4 is 0 Å². The van der Waals surface area contributed by atoms with Crippen molar-refractivity contribution in [2.24, 2.45) is 5.73 Å². The summed E-state index contributed by atoms with van der Waals surface area (Å²) in [5.74, 6) is 0.360. The van der Waals surface area contributed by atoms with Crippen molar-refractivity contribution in [3.05, 3.63) is 65.2 Å². The molecule has 0 spiro atoms. The smallest absolute Gasteiger partial charge is 0.119 e. The fourth-order valence-electron chi connectivity index (χ4n) is 1.87. The molecule has 0 aromatic heterocycles. The van der Waals surface area contributed by atoms with E-state index in [1.165, 1.54) is 11.1 Å². The molecule has 2 heteroatoms. The van der Waals surface area contributed by atoms with E-state index in [2.05, 4.69) is 24.3 Å². The van der Waals surface area contributed by atoms with Crippen LogP contribution in [0.15, 0.2) is 48.5 Å². The number of para-hydroxylation sites is 1. The molecule has 2 aromatic carbocycles. The number of rotatable bonds is 4. The summed E-state index contributed by atoms with van der Waals surface area (Å²) in [5.41, 5.74) is 8.93. The molecule has 0 heterocycles. The molecular formula is C15H17NO. The number of phenols is 1. The highest BCUT2D eigenvalue weighted by Gasteiger charge is 2.01. The van der Waals surface area contributed by atoms with Gasteiger partial charge in [0.1, 0.15) is 5.75 Å². The van der Waals surface area contributed by atoms with E-state index in [9.17, 15) is 5.11 Å². The van der Waals surface area contributed by atoms with Crippen LogP contribution >= 0.6 is 0 Å². The monoisotopic (exact) mass is 227 g/mol. The zero-order valence-electron chi connectivity index (χ0n) is 9.76. The largest absolute Gasteiger partial charge is 0.508 e. The van der Waals surface area contributed by atoms with Crippen LogP contribution in [0.3, 0.4) is 0 Å². The minimum Gasteiger partial charge on any atom is -0.508 e. The van der Waals surface area contributed by atoms with Gasteiger partial charge in [0, 0.05) is 6.42 Å². The van der Waals surface area contributed by atoms with Gasteiger partial charge in [-0.1, -0.05) is 42.5 Å². The maximum Gasteiger partial charge on any atom is 0.119 e. The van der Waals surface area contributed by atoms with E-state index in [0.717, 1.165) is 18.4 Å². The summed E-state index contributed by atoms with van der Waals surface area (Å²) in [5, 5.41) is 9.69. The van der Waals surface area contributed by atoms with Gasteiger partial charge in [0.2, 0.25) is 0 Å². The van der Waals surface area contributed by atoms with E-state index in [1.54, 1.807) is 6.07 Å². The molecule has 0 amide bonds. The highest BCUT2D eigenvalue weighted by Crippen LogP contribution is 2.19. The number of hydrogen-bond donors (Lipinski definition) is 2. The van der Waals surface area contributed by atoms with Gasteiger partial charge in [-0.05, 0) is 35.7 Å². The molecule has 88 valence electrons. The Labute approximate surface area is 102 Å². The van der Waals surface area contributed by atoms with Gasteiger partial charge in [-0.2, -0.15) is 0 Å². The van der Waals surface area contributed by atoms with E-state index in [4.69, 9.17) is 5.73 Å². The summed E-state index contributed by atoms with van der Waals surface area (Å²) in [6.07, 6.45) is 1.67. The standard InChI is InChI=1S/C15H17NO/c16-10-9-12-5-7-13(8-6-12)11-14-3-1-2-4-15(14)17/h1-8,17H,9-11,16H2. The predicted octanol–water partition coefficient (Wildman–Crippen LogP) is 2.48. The molecule has 2 aromatic rings. The summed E-state index contributed by atoms with van der Waals surface area (Å²) in [7, 11) is 0. The maximum absolute atomic E-state index is 9.69. The molecule has 0 radical (unpaired) electrons. The molecule has 0 atom stereocenters. The second-order valence-corrected chi connectivity index (χ2v) is 4.16. The van der Waals surface area contributed by atoms with Gasteiger partial charge in [0.25, 0.3) is 0 Å². The summed E-state index contributed by atoms with van der Waals surface area (Å²) >= 11 is 0. The van der Waals surface area contributed by atoms with Crippen LogP contribution in [0.5, 0.6) is 5.75 Å². The van der Waals surface area contributed by atoms with Crippen LogP contribution in [0.4, 0.5) is 0 Å².